The Morgan fingerprint density at radius 3 is 2.77 bits per heavy atom. The lowest BCUT2D eigenvalue weighted by molar-refractivity contribution is 0.143. The first-order valence-corrected chi connectivity index (χ1v) is 7.97. The van der Waals surface area contributed by atoms with E-state index in [0.29, 0.717) is 0 Å². The van der Waals surface area contributed by atoms with Gasteiger partial charge in [0.05, 0.1) is 10.6 Å². The van der Waals surface area contributed by atoms with Crippen LogP contribution in [0.15, 0.2) is 30.7 Å². The predicted octanol–water partition coefficient (Wildman–Crippen LogP) is 2.85. The van der Waals surface area contributed by atoms with Crippen LogP contribution in [0.25, 0.3) is 0 Å². The number of aromatic nitrogens is 2. The molecule has 0 aromatic carbocycles. The lowest BCUT2D eigenvalue weighted by atomic mass is 10.1. The second-order valence-electron chi connectivity index (χ2n) is 5.80. The number of thiophene rings is 1. The number of hydrogen-bond acceptors (Lipinski definition) is 5. The summed E-state index contributed by atoms with van der Waals surface area (Å²) in [6, 6.07) is 6.25. The Hall–Kier alpha value is -1.74. The average Bonchev–Trinajstić information content (AvgIpc) is 2.92. The summed E-state index contributed by atoms with van der Waals surface area (Å²) < 4.78 is 0. The molecular formula is C17H21N3OS. The summed E-state index contributed by atoms with van der Waals surface area (Å²) in [5.74, 6) is 5.86. The lowest BCUT2D eigenvalue weighted by Gasteiger charge is -2.23. The summed E-state index contributed by atoms with van der Waals surface area (Å²) in [5, 5.41) is 9.64. The molecule has 0 saturated heterocycles. The molecule has 1 atom stereocenters. The molecule has 0 aliphatic heterocycles. The van der Waals surface area contributed by atoms with Gasteiger partial charge in [0.1, 0.15) is 11.9 Å². The fraction of sp³-hybridized carbons (Fsp3) is 0.412. The molecule has 0 bridgehead atoms. The molecule has 22 heavy (non-hydrogen) atoms. The van der Waals surface area contributed by atoms with Gasteiger partial charge in [-0.05, 0) is 46.0 Å². The van der Waals surface area contributed by atoms with E-state index in [-0.39, 0.29) is 6.04 Å². The quantitative estimate of drug-likeness (QED) is 0.882. The molecule has 2 heterocycles. The van der Waals surface area contributed by atoms with Gasteiger partial charge in [-0.15, -0.1) is 11.3 Å². The maximum Gasteiger partial charge on any atom is 0.120 e. The van der Waals surface area contributed by atoms with E-state index in [0.717, 1.165) is 17.1 Å². The molecule has 2 aromatic heterocycles. The van der Waals surface area contributed by atoms with E-state index >= 15 is 0 Å². The number of aliphatic hydroxyl groups is 1. The zero-order valence-corrected chi connectivity index (χ0v) is 14.2. The molecule has 1 unspecified atom stereocenters. The minimum Gasteiger partial charge on any atom is -0.378 e. The van der Waals surface area contributed by atoms with Crippen LogP contribution in [0.3, 0.4) is 0 Å². The van der Waals surface area contributed by atoms with Gasteiger partial charge in [-0.1, -0.05) is 11.8 Å². The third-order valence-electron chi connectivity index (χ3n) is 3.25. The highest BCUT2D eigenvalue weighted by molar-refractivity contribution is 7.12. The van der Waals surface area contributed by atoms with Crippen molar-refractivity contribution in [2.24, 2.45) is 0 Å². The highest BCUT2D eigenvalue weighted by atomic mass is 32.1. The standard InChI is InChI=1S/C17H21N3OS/c1-13(16-8-10-18-12-19-16)20(4)11-15-6-5-14(22-15)7-9-17(2,3)21/h5-6,8,10,12-13,21H,11H2,1-4H3. The number of nitrogens with zero attached hydrogens (tertiary/aromatic N) is 3. The van der Waals surface area contributed by atoms with Crippen LogP contribution >= 0.6 is 11.3 Å². The molecule has 0 fully saturated rings. The summed E-state index contributed by atoms with van der Waals surface area (Å²) in [7, 11) is 2.08. The SMILES string of the molecule is CC(c1ccncn1)N(C)Cc1ccc(C#CC(C)(C)O)s1. The summed E-state index contributed by atoms with van der Waals surface area (Å²) in [6.07, 6.45) is 3.34. The molecule has 5 heteroatoms. The third-order valence-corrected chi connectivity index (χ3v) is 4.24. The Bertz CT molecular complexity index is 664. The zero-order valence-electron chi connectivity index (χ0n) is 13.4. The van der Waals surface area contributed by atoms with E-state index in [1.807, 2.05) is 12.1 Å². The molecule has 2 rings (SSSR count). The Balaban J connectivity index is 2.02. The van der Waals surface area contributed by atoms with Gasteiger partial charge in [-0.3, -0.25) is 4.90 Å². The molecule has 2 aromatic rings. The lowest BCUT2D eigenvalue weighted by Crippen LogP contribution is -2.22. The highest BCUT2D eigenvalue weighted by Crippen LogP contribution is 2.22. The maximum absolute atomic E-state index is 9.64. The van der Waals surface area contributed by atoms with Gasteiger partial charge < -0.3 is 5.11 Å². The van der Waals surface area contributed by atoms with Gasteiger partial charge in [0.15, 0.2) is 0 Å². The Morgan fingerprint density at radius 1 is 1.36 bits per heavy atom. The maximum atomic E-state index is 9.64. The van der Waals surface area contributed by atoms with Crippen molar-refractivity contribution in [2.75, 3.05) is 7.05 Å². The summed E-state index contributed by atoms with van der Waals surface area (Å²) >= 11 is 1.66. The Labute approximate surface area is 135 Å². The van der Waals surface area contributed by atoms with E-state index in [9.17, 15) is 5.11 Å². The van der Waals surface area contributed by atoms with Gasteiger partial charge in [-0.25, -0.2) is 9.97 Å². The van der Waals surface area contributed by atoms with Crippen molar-refractivity contribution < 1.29 is 5.11 Å². The van der Waals surface area contributed by atoms with E-state index in [1.165, 1.54) is 4.88 Å². The van der Waals surface area contributed by atoms with E-state index in [4.69, 9.17) is 0 Å². The van der Waals surface area contributed by atoms with Crippen LogP contribution in [-0.4, -0.2) is 32.6 Å². The van der Waals surface area contributed by atoms with Crippen molar-refractivity contribution >= 4 is 11.3 Å². The first-order chi connectivity index (χ1) is 10.3. The third kappa shape index (κ3) is 4.92. The first kappa shape index (κ1) is 16.6. The van der Waals surface area contributed by atoms with Crippen LogP contribution in [0.1, 0.15) is 42.3 Å². The van der Waals surface area contributed by atoms with Crippen LogP contribution in [0.2, 0.25) is 0 Å². The summed E-state index contributed by atoms with van der Waals surface area (Å²) in [6.45, 7) is 6.34. The van der Waals surface area contributed by atoms with Crippen molar-refractivity contribution in [1.82, 2.24) is 14.9 Å². The van der Waals surface area contributed by atoms with Crippen molar-refractivity contribution in [1.29, 1.82) is 0 Å². The molecule has 0 radical (unpaired) electrons. The Kier molecular flexibility index (Phi) is 5.30. The zero-order chi connectivity index (χ0) is 16.2. The topological polar surface area (TPSA) is 49.2 Å². The second-order valence-corrected chi connectivity index (χ2v) is 6.97. The van der Waals surface area contributed by atoms with Crippen LogP contribution in [0.5, 0.6) is 0 Å². The van der Waals surface area contributed by atoms with E-state index < -0.39 is 5.60 Å². The minimum absolute atomic E-state index is 0.219. The van der Waals surface area contributed by atoms with Gasteiger partial charge >= 0.3 is 0 Å². The second kappa shape index (κ2) is 7.01. The van der Waals surface area contributed by atoms with Crippen molar-refractivity contribution in [3.63, 3.8) is 0 Å². The fourth-order valence-electron chi connectivity index (χ4n) is 1.90. The van der Waals surface area contributed by atoms with Gasteiger partial charge in [0.2, 0.25) is 0 Å². The molecule has 0 aliphatic carbocycles. The van der Waals surface area contributed by atoms with Crippen LogP contribution in [0, 0.1) is 11.8 Å². The molecule has 0 saturated carbocycles. The van der Waals surface area contributed by atoms with Crippen molar-refractivity contribution in [3.8, 4) is 11.8 Å². The summed E-state index contributed by atoms with van der Waals surface area (Å²) in [5.41, 5.74) is 0.0544. The largest absolute Gasteiger partial charge is 0.378 e. The van der Waals surface area contributed by atoms with Gasteiger partial charge in [-0.2, -0.15) is 0 Å². The molecule has 1 N–H and O–H groups in total. The van der Waals surface area contributed by atoms with Crippen LogP contribution in [0.4, 0.5) is 0 Å². The monoisotopic (exact) mass is 315 g/mol. The summed E-state index contributed by atoms with van der Waals surface area (Å²) in [4.78, 5) is 12.7. The predicted molar refractivity (Wildman–Crippen MR) is 89.4 cm³/mol. The van der Waals surface area contributed by atoms with Crippen molar-refractivity contribution in [2.45, 2.75) is 39.0 Å². The van der Waals surface area contributed by atoms with Crippen molar-refractivity contribution in [3.05, 3.63) is 46.2 Å². The smallest absolute Gasteiger partial charge is 0.120 e. The molecule has 0 amide bonds. The molecule has 4 nitrogen and oxygen atoms in total. The average molecular weight is 315 g/mol. The van der Waals surface area contributed by atoms with E-state index in [1.54, 1.807) is 37.7 Å². The number of hydrogen-bond donors (Lipinski definition) is 1. The molecule has 0 aliphatic rings. The Morgan fingerprint density at radius 2 is 2.14 bits per heavy atom. The molecular weight excluding hydrogens is 294 g/mol. The minimum atomic E-state index is -0.956. The highest BCUT2D eigenvalue weighted by Gasteiger charge is 2.14. The van der Waals surface area contributed by atoms with Gasteiger partial charge in [0.25, 0.3) is 0 Å². The van der Waals surface area contributed by atoms with Gasteiger partial charge in [0, 0.05) is 23.7 Å². The van der Waals surface area contributed by atoms with Crippen LogP contribution in [-0.2, 0) is 6.54 Å². The van der Waals surface area contributed by atoms with Crippen LogP contribution < -0.4 is 0 Å². The molecule has 116 valence electrons. The van der Waals surface area contributed by atoms with E-state index in [2.05, 4.69) is 46.7 Å². The number of rotatable bonds is 4. The first-order valence-electron chi connectivity index (χ1n) is 7.15. The normalized spacial score (nSPS) is 12.8. The molecule has 0 spiro atoms. The fourth-order valence-corrected chi connectivity index (χ4v) is 2.83.